The van der Waals surface area contributed by atoms with Gasteiger partial charge in [-0.2, -0.15) is 12.6 Å². The van der Waals surface area contributed by atoms with Crippen LogP contribution in [-0.4, -0.2) is 27.2 Å². The van der Waals surface area contributed by atoms with Gasteiger partial charge in [0.1, 0.15) is 11.9 Å². The zero-order chi connectivity index (χ0) is 12.1. The molecule has 2 atom stereocenters. The molecule has 0 saturated heterocycles. The van der Waals surface area contributed by atoms with Crippen molar-refractivity contribution in [3.63, 3.8) is 0 Å². The summed E-state index contributed by atoms with van der Waals surface area (Å²) in [5.41, 5.74) is 0.495. The van der Waals surface area contributed by atoms with Crippen molar-refractivity contribution >= 4 is 12.6 Å². The first kappa shape index (κ1) is 13.4. The van der Waals surface area contributed by atoms with E-state index in [1.165, 1.54) is 12.1 Å². The van der Waals surface area contributed by atoms with Gasteiger partial charge in [0.25, 0.3) is 0 Å². The third-order valence-electron chi connectivity index (χ3n) is 2.35. The lowest BCUT2D eigenvalue weighted by Gasteiger charge is -2.18. The molecule has 2 unspecified atom stereocenters. The van der Waals surface area contributed by atoms with Crippen molar-refractivity contribution < 1.29 is 19.7 Å². The molecule has 0 heterocycles. The smallest absolute Gasteiger partial charge is 0.129 e. The van der Waals surface area contributed by atoms with Gasteiger partial charge < -0.3 is 15.3 Å². The highest BCUT2D eigenvalue weighted by Crippen LogP contribution is 2.23. The second-order valence-electron chi connectivity index (χ2n) is 3.54. The van der Waals surface area contributed by atoms with Gasteiger partial charge in [-0.25, -0.2) is 4.39 Å². The minimum Gasteiger partial charge on any atom is -0.392 e. The van der Waals surface area contributed by atoms with Crippen molar-refractivity contribution in [2.45, 2.75) is 25.2 Å². The standard InChI is InChI=1S/C11H15FO3S/c12-9-2-1-7(6-13)5-8(9)11(15)10(14)3-4-16/h1-2,5,10-11,13-16H,3-4,6H2. The van der Waals surface area contributed by atoms with E-state index in [4.69, 9.17) is 5.11 Å². The molecule has 0 aliphatic rings. The van der Waals surface area contributed by atoms with Crippen LogP contribution in [0.25, 0.3) is 0 Å². The highest BCUT2D eigenvalue weighted by molar-refractivity contribution is 7.80. The average molecular weight is 246 g/mol. The Morgan fingerprint density at radius 2 is 2.00 bits per heavy atom. The average Bonchev–Trinajstić information content (AvgIpc) is 2.29. The first-order valence-electron chi connectivity index (χ1n) is 4.96. The summed E-state index contributed by atoms with van der Waals surface area (Å²) >= 11 is 3.93. The SMILES string of the molecule is OCc1ccc(F)c(C(O)C(O)CCS)c1. The molecule has 0 radical (unpaired) electrons. The summed E-state index contributed by atoms with van der Waals surface area (Å²) in [6.07, 6.45) is -2.08. The van der Waals surface area contributed by atoms with E-state index in [2.05, 4.69) is 12.6 Å². The predicted molar refractivity (Wildman–Crippen MR) is 61.8 cm³/mol. The largest absolute Gasteiger partial charge is 0.392 e. The van der Waals surface area contributed by atoms with Gasteiger partial charge in [0.05, 0.1) is 12.7 Å². The Labute approximate surface area is 99.0 Å². The number of rotatable bonds is 5. The molecule has 1 aromatic carbocycles. The van der Waals surface area contributed by atoms with Gasteiger partial charge in [-0.1, -0.05) is 6.07 Å². The summed E-state index contributed by atoms with van der Waals surface area (Å²) in [7, 11) is 0. The molecule has 0 bridgehead atoms. The van der Waals surface area contributed by atoms with E-state index in [0.29, 0.717) is 11.3 Å². The van der Waals surface area contributed by atoms with Crippen LogP contribution in [0.3, 0.4) is 0 Å². The van der Waals surface area contributed by atoms with E-state index in [-0.39, 0.29) is 18.6 Å². The van der Waals surface area contributed by atoms with E-state index < -0.39 is 18.0 Å². The summed E-state index contributed by atoms with van der Waals surface area (Å²) in [6, 6.07) is 3.94. The van der Waals surface area contributed by atoms with Crippen LogP contribution < -0.4 is 0 Å². The summed E-state index contributed by atoms with van der Waals surface area (Å²) in [4.78, 5) is 0. The summed E-state index contributed by atoms with van der Waals surface area (Å²) in [5.74, 6) is -0.192. The molecule has 3 nitrogen and oxygen atoms in total. The number of hydrogen-bond acceptors (Lipinski definition) is 4. The van der Waals surface area contributed by atoms with E-state index in [1.807, 2.05) is 0 Å². The number of hydrogen-bond donors (Lipinski definition) is 4. The molecule has 0 fully saturated rings. The molecule has 0 aliphatic carbocycles. The van der Waals surface area contributed by atoms with Crippen LogP contribution in [0, 0.1) is 5.82 Å². The number of aliphatic hydroxyl groups is 3. The third kappa shape index (κ3) is 3.18. The van der Waals surface area contributed by atoms with Gasteiger partial charge in [-0.15, -0.1) is 0 Å². The Kier molecular flexibility index (Phi) is 5.21. The van der Waals surface area contributed by atoms with Crippen LogP contribution in [0.1, 0.15) is 23.7 Å². The van der Waals surface area contributed by atoms with Crippen molar-refractivity contribution in [2.75, 3.05) is 5.75 Å². The lowest BCUT2D eigenvalue weighted by Crippen LogP contribution is -2.20. The van der Waals surface area contributed by atoms with E-state index >= 15 is 0 Å². The fraction of sp³-hybridized carbons (Fsp3) is 0.455. The second-order valence-corrected chi connectivity index (χ2v) is 3.99. The molecule has 0 aromatic heterocycles. The van der Waals surface area contributed by atoms with Crippen LogP contribution in [-0.2, 0) is 6.61 Å². The molecule has 0 aliphatic heterocycles. The van der Waals surface area contributed by atoms with Crippen LogP contribution in [0.2, 0.25) is 0 Å². The second kappa shape index (κ2) is 6.20. The molecule has 90 valence electrons. The lowest BCUT2D eigenvalue weighted by atomic mass is 10.00. The maximum absolute atomic E-state index is 13.4. The molecular formula is C11H15FO3S. The normalized spacial score (nSPS) is 14.8. The maximum Gasteiger partial charge on any atom is 0.129 e. The molecule has 0 spiro atoms. The molecule has 0 amide bonds. The topological polar surface area (TPSA) is 60.7 Å². The van der Waals surface area contributed by atoms with E-state index in [1.54, 1.807) is 0 Å². The number of halogens is 1. The van der Waals surface area contributed by atoms with Gasteiger partial charge >= 0.3 is 0 Å². The molecule has 1 aromatic rings. The number of thiol groups is 1. The Bertz CT molecular complexity index is 346. The molecule has 5 heteroatoms. The third-order valence-corrected chi connectivity index (χ3v) is 2.61. The summed E-state index contributed by atoms with van der Waals surface area (Å²) in [5, 5.41) is 28.1. The van der Waals surface area contributed by atoms with Crippen molar-refractivity contribution in [3.05, 3.63) is 35.1 Å². The van der Waals surface area contributed by atoms with Gasteiger partial charge in [0, 0.05) is 5.56 Å². The fourth-order valence-corrected chi connectivity index (χ4v) is 1.68. The number of benzene rings is 1. The lowest BCUT2D eigenvalue weighted by molar-refractivity contribution is 0.0151. The first-order valence-corrected chi connectivity index (χ1v) is 5.59. The van der Waals surface area contributed by atoms with Crippen molar-refractivity contribution in [3.8, 4) is 0 Å². The zero-order valence-corrected chi connectivity index (χ0v) is 9.57. The van der Waals surface area contributed by atoms with Crippen LogP contribution >= 0.6 is 12.6 Å². The minimum absolute atomic E-state index is 0.000772. The highest BCUT2D eigenvalue weighted by Gasteiger charge is 2.21. The Morgan fingerprint density at radius 3 is 2.56 bits per heavy atom. The quantitative estimate of drug-likeness (QED) is 0.587. The Balaban J connectivity index is 2.92. The van der Waals surface area contributed by atoms with Crippen LogP contribution in [0.4, 0.5) is 4.39 Å². The highest BCUT2D eigenvalue weighted by atomic mass is 32.1. The molecular weight excluding hydrogens is 231 g/mol. The zero-order valence-electron chi connectivity index (χ0n) is 8.67. The fourth-order valence-electron chi connectivity index (χ4n) is 1.42. The molecule has 16 heavy (non-hydrogen) atoms. The Hall–Kier alpha value is -0.620. The first-order chi connectivity index (χ1) is 7.60. The maximum atomic E-state index is 13.4. The summed E-state index contributed by atoms with van der Waals surface area (Å²) < 4.78 is 13.4. The monoisotopic (exact) mass is 246 g/mol. The van der Waals surface area contributed by atoms with Gasteiger partial charge in [-0.3, -0.25) is 0 Å². The van der Waals surface area contributed by atoms with Gasteiger partial charge in [0.15, 0.2) is 0 Å². The minimum atomic E-state index is -1.29. The van der Waals surface area contributed by atoms with E-state index in [0.717, 1.165) is 6.07 Å². The Morgan fingerprint density at radius 1 is 1.31 bits per heavy atom. The molecule has 1 rings (SSSR count). The number of aliphatic hydroxyl groups excluding tert-OH is 3. The van der Waals surface area contributed by atoms with Gasteiger partial charge in [0.2, 0.25) is 0 Å². The van der Waals surface area contributed by atoms with Crippen molar-refractivity contribution in [1.82, 2.24) is 0 Å². The molecule has 0 saturated carbocycles. The predicted octanol–water partition coefficient (Wildman–Crippen LogP) is 1.03. The molecule has 3 N–H and O–H groups in total. The summed E-state index contributed by atoms with van der Waals surface area (Å²) in [6.45, 7) is -0.233. The van der Waals surface area contributed by atoms with Gasteiger partial charge in [-0.05, 0) is 29.9 Å². The van der Waals surface area contributed by atoms with Crippen molar-refractivity contribution in [2.24, 2.45) is 0 Å². The van der Waals surface area contributed by atoms with E-state index in [9.17, 15) is 14.6 Å². The van der Waals surface area contributed by atoms with Crippen molar-refractivity contribution in [1.29, 1.82) is 0 Å². The van der Waals surface area contributed by atoms with Crippen LogP contribution in [0.15, 0.2) is 18.2 Å². The van der Waals surface area contributed by atoms with Crippen LogP contribution in [0.5, 0.6) is 0 Å².